The normalized spacial score (nSPS) is 17.8. The number of hydrogen-bond acceptors (Lipinski definition) is 8. The van der Waals surface area contributed by atoms with E-state index in [1.165, 1.54) is 0 Å². The number of nitrogens with zero attached hydrogens (tertiary/aromatic N) is 4. The highest BCUT2D eigenvalue weighted by molar-refractivity contribution is 6.45. The fourth-order valence-electron chi connectivity index (χ4n) is 6.90. The van der Waals surface area contributed by atoms with Crippen molar-refractivity contribution in [3.63, 3.8) is 0 Å². The molecule has 2 unspecified atom stereocenters. The van der Waals surface area contributed by atoms with E-state index in [2.05, 4.69) is 20.4 Å². The number of amides is 4. The molecule has 0 aliphatic carbocycles. The number of halogens is 2. The number of anilines is 3. The van der Waals surface area contributed by atoms with Crippen molar-refractivity contribution >= 4 is 64.1 Å². The number of fused-ring (bicyclic) bond motifs is 1. The van der Waals surface area contributed by atoms with Gasteiger partial charge in [-0.3, -0.25) is 19.3 Å². The van der Waals surface area contributed by atoms with Gasteiger partial charge in [0.25, 0.3) is 0 Å². The van der Waals surface area contributed by atoms with Gasteiger partial charge in [0, 0.05) is 82.4 Å². The minimum atomic E-state index is -0.574. The number of piperazine rings is 2. The van der Waals surface area contributed by atoms with Crippen molar-refractivity contribution in [2.24, 2.45) is 11.8 Å². The highest BCUT2D eigenvalue weighted by Gasteiger charge is 2.31. The lowest BCUT2D eigenvalue weighted by Gasteiger charge is -2.37. The van der Waals surface area contributed by atoms with Crippen molar-refractivity contribution in [1.82, 2.24) is 14.7 Å². The maximum atomic E-state index is 13.2. The van der Waals surface area contributed by atoms with Crippen molar-refractivity contribution in [2.45, 2.75) is 72.3 Å². The first kappa shape index (κ1) is 40.4. The molecule has 0 saturated carbocycles. The molecule has 5 rings (SSSR count). The summed E-state index contributed by atoms with van der Waals surface area (Å²) in [6.07, 6.45) is 3.24. The Bertz CT molecular complexity index is 1630. The van der Waals surface area contributed by atoms with Gasteiger partial charge >= 0.3 is 6.09 Å². The Labute approximate surface area is 323 Å². The molecule has 3 aliphatic rings. The van der Waals surface area contributed by atoms with Gasteiger partial charge in [0.1, 0.15) is 11.4 Å². The molecule has 2 N–H and O–H groups in total. The highest BCUT2D eigenvalue weighted by atomic mass is 35.5. The number of nitrogens with one attached hydrogen (secondary N) is 2. The summed E-state index contributed by atoms with van der Waals surface area (Å²) in [5, 5.41) is 6.53. The van der Waals surface area contributed by atoms with Crippen LogP contribution in [0.5, 0.6) is 5.75 Å². The van der Waals surface area contributed by atoms with E-state index in [4.69, 9.17) is 32.7 Å². The number of hydrogen-bond donors (Lipinski definition) is 2. The van der Waals surface area contributed by atoms with Crippen molar-refractivity contribution in [3.05, 3.63) is 45.9 Å². The third-order valence-corrected chi connectivity index (χ3v) is 10.8. The molecular weight excluding hydrogens is 719 g/mol. The predicted molar refractivity (Wildman–Crippen MR) is 209 cm³/mol. The molecule has 0 spiro atoms. The average molecular weight is 774 g/mol. The van der Waals surface area contributed by atoms with Crippen LogP contribution in [0.1, 0.15) is 65.9 Å². The Balaban J connectivity index is 1.01. The summed E-state index contributed by atoms with van der Waals surface area (Å²) in [5.74, 6) is -0.258. The van der Waals surface area contributed by atoms with E-state index in [0.717, 1.165) is 74.7 Å². The van der Waals surface area contributed by atoms with Crippen LogP contribution in [0.2, 0.25) is 10.0 Å². The van der Waals surface area contributed by atoms with Crippen molar-refractivity contribution < 1.29 is 28.7 Å². The maximum absolute atomic E-state index is 13.2. The summed E-state index contributed by atoms with van der Waals surface area (Å²) >= 11 is 13.5. The molecule has 0 radical (unpaired) electrons. The summed E-state index contributed by atoms with van der Waals surface area (Å²) in [7, 11) is 0. The van der Waals surface area contributed by atoms with E-state index in [1.54, 1.807) is 22.8 Å². The fraction of sp³-hybridized carbons (Fsp3) is 0.590. The zero-order valence-electron chi connectivity index (χ0n) is 31.6. The molecule has 2 aromatic carbocycles. The van der Waals surface area contributed by atoms with Gasteiger partial charge in [-0.15, -0.1) is 0 Å². The number of carbonyl (C=O) groups excluding carboxylic acids is 4. The first-order valence-corrected chi connectivity index (χ1v) is 19.5. The molecule has 53 heavy (non-hydrogen) atoms. The van der Waals surface area contributed by atoms with E-state index in [9.17, 15) is 19.2 Å². The first-order chi connectivity index (χ1) is 25.2. The van der Waals surface area contributed by atoms with Crippen LogP contribution in [0.4, 0.5) is 21.9 Å². The Kier molecular flexibility index (Phi) is 13.8. The molecule has 3 heterocycles. The van der Waals surface area contributed by atoms with Crippen molar-refractivity contribution in [1.29, 1.82) is 0 Å². The van der Waals surface area contributed by atoms with E-state index in [0.29, 0.717) is 61.4 Å². The zero-order valence-corrected chi connectivity index (χ0v) is 33.2. The molecule has 4 amide bonds. The molecule has 2 atom stereocenters. The molecule has 2 saturated heterocycles. The van der Waals surface area contributed by atoms with Crippen LogP contribution in [-0.2, 0) is 25.5 Å². The summed E-state index contributed by atoms with van der Waals surface area (Å²) in [6.45, 7) is 15.8. The van der Waals surface area contributed by atoms with Gasteiger partial charge in [-0.25, -0.2) is 4.79 Å². The molecule has 2 fully saturated rings. The number of carbonyl (C=O) groups is 4. The molecule has 0 bridgehead atoms. The maximum Gasteiger partial charge on any atom is 0.410 e. The number of benzene rings is 2. The molecule has 3 aliphatic heterocycles. The largest absolute Gasteiger partial charge is 0.494 e. The second kappa shape index (κ2) is 18.1. The van der Waals surface area contributed by atoms with E-state index < -0.39 is 11.5 Å². The Morgan fingerprint density at radius 2 is 1.57 bits per heavy atom. The second-order valence-corrected chi connectivity index (χ2v) is 16.1. The average Bonchev–Trinajstić information content (AvgIpc) is 3.12. The molecule has 12 nitrogen and oxygen atoms in total. The number of unbranched alkanes of at least 4 members (excludes halogenated alkanes) is 1. The lowest BCUT2D eigenvalue weighted by molar-refractivity contribution is -0.137. The number of aryl methyl sites for hydroxylation is 1. The van der Waals surface area contributed by atoms with E-state index in [1.807, 2.05) is 52.0 Å². The quantitative estimate of drug-likeness (QED) is 0.233. The molecule has 0 aromatic heterocycles. The minimum Gasteiger partial charge on any atom is -0.494 e. The topological polar surface area (TPSA) is 124 Å². The SMILES string of the molecule is CC(CC(C)C(=O)N1CCN(C(=O)OC(C)(C)C)CC1)C(=O)Nc1ccc(N2CCN(CCCCOc3ccc4c(c3)NC(=O)CC4)CC2)c(Cl)c1Cl. The third kappa shape index (κ3) is 11.1. The smallest absolute Gasteiger partial charge is 0.410 e. The zero-order chi connectivity index (χ0) is 38.3. The molecular formula is C39H54Cl2N6O6. The van der Waals surface area contributed by atoms with Gasteiger partial charge < -0.3 is 34.8 Å². The lowest BCUT2D eigenvalue weighted by Crippen LogP contribution is -2.52. The Morgan fingerprint density at radius 3 is 2.26 bits per heavy atom. The van der Waals surface area contributed by atoms with Crippen LogP contribution in [0, 0.1) is 11.8 Å². The number of rotatable bonds is 12. The first-order valence-electron chi connectivity index (χ1n) is 18.8. The van der Waals surface area contributed by atoms with Crippen LogP contribution in [0.15, 0.2) is 30.3 Å². The van der Waals surface area contributed by atoms with Crippen molar-refractivity contribution in [2.75, 3.05) is 81.0 Å². The Morgan fingerprint density at radius 1 is 0.868 bits per heavy atom. The Hall–Kier alpha value is -3.74. The van der Waals surface area contributed by atoms with Gasteiger partial charge in [-0.1, -0.05) is 43.1 Å². The minimum absolute atomic E-state index is 0.0350. The van der Waals surface area contributed by atoms with E-state index in [-0.39, 0.29) is 29.7 Å². The lowest BCUT2D eigenvalue weighted by atomic mass is 9.95. The van der Waals surface area contributed by atoms with Crippen LogP contribution in [-0.4, -0.2) is 110 Å². The molecule has 2 aromatic rings. The fourth-order valence-corrected chi connectivity index (χ4v) is 7.39. The summed E-state index contributed by atoms with van der Waals surface area (Å²) in [4.78, 5) is 58.5. The molecule has 290 valence electrons. The van der Waals surface area contributed by atoms with Gasteiger partial charge in [-0.05, 0) is 76.8 Å². The van der Waals surface area contributed by atoms with Gasteiger partial charge in [0.15, 0.2) is 0 Å². The van der Waals surface area contributed by atoms with Crippen LogP contribution >= 0.6 is 23.2 Å². The van der Waals surface area contributed by atoms with E-state index >= 15 is 0 Å². The third-order valence-electron chi connectivity index (χ3n) is 9.97. The standard InChI is InChI=1S/C39H54Cl2N6O6/c1-26(24-27(2)37(50)46-19-21-47(22-20-46)38(51)53-39(3,4)5)36(49)43-30-11-12-32(35(41)34(30)40)45-17-15-44(16-18-45)14-6-7-23-52-29-10-8-28-9-13-33(48)42-31(28)25-29/h8,10-12,25-27H,6-7,9,13-24H2,1-5H3,(H,42,48)(H,43,49). The van der Waals surface area contributed by atoms with Gasteiger partial charge in [0.2, 0.25) is 17.7 Å². The molecule has 14 heteroatoms. The number of ether oxygens (including phenoxy) is 2. The predicted octanol–water partition coefficient (Wildman–Crippen LogP) is 6.54. The van der Waals surface area contributed by atoms with Crippen LogP contribution in [0.3, 0.4) is 0 Å². The van der Waals surface area contributed by atoms with Crippen molar-refractivity contribution in [3.8, 4) is 5.75 Å². The summed E-state index contributed by atoms with van der Waals surface area (Å²) < 4.78 is 11.4. The van der Waals surface area contributed by atoms with Gasteiger partial charge in [0.05, 0.1) is 28.0 Å². The monoisotopic (exact) mass is 772 g/mol. The van der Waals surface area contributed by atoms with Crippen LogP contribution < -0.4 is 20.3 Å². The van der Waals surface area contributed by atoms with Gasteiger partial charge in [-0.2, -0.15) is 0 Å². The highest BCUT2D eigenvalue weighted by Crippen LogP contribution is 2.39. The van der Waals surface area contributed by atoms with Crippen LogP contribution in [0.25, 0.3) is 0 Å². The summed E-state index contributed by atoms with van der Waals surface area (Å²) in [6, 6.07) is 9.60. The summed E-state index contributed by atoms with van der Waals surface area (Å²) in [5.41, 5.74) is 2.71. The second-order valence-electron chi connectivity index (χ2n) is 15.3.